The number of nitrogens with zero attached hydrogens (tertiary/aromatic N) is 2. The Morgan fingerprint density at radius 3 is 2.31 bits per heavy atom. The molecule has 1 aromatic heterocycles. The number of benzene rings is 3. The summed E-state index contributed by atoms with van der Waals surface area (Å²) in [5, 5.41) is 16.1. The van der Waals surface area contributed by atoms with Gasteiger partial charge >= 0.3 is 0 Å². The smallest absolute Gasteiger partial charge is 0.220 e. The second-order valence-corrected chi connectivity index (χ2v) is 13.0. The fourth-order valence-electron chi connectivity index (χ4n) is 5.66. The highest BCUT2D eigenvalue weighted by molar-refractivity contribution is 7.99. The molecule has 0 aliphatic carbocycles. The molecule has 0 bridgehead atoms. The molecule has 4 aromatic rings. The van der Waals surface area contributed by atoms with Crippen molar-refractivity contribution in [2.45, 2.75) is 76.3 Å². The molecular formula is C38H44N4O5S. The number of unbranched alkanes of at least 4 members (excludes halogenated alkanes) is 2. The standard InChI is InChI=1S/C38H44N4O5S/c1-26-34(25-48-38-40-20-7-21-41-38)46-37(47-36(26)31-13-11-28(24-43)12-14-31)32-17-15-30(16-18-32)33-9-6-8-29(22-33)23-42-35(45)10-4-3-5-19-39-27(2)44/h6-9,11-18,20-22,26,34,36-37,43H,3-5,10,19,23-25H2,1-2H3,(H,39,44)(H,42,45)/t26-,34+,36+,37+/m1/s1. The molecule has 48 heavy (non-hydrogen) atoms. The van der Waals surface area contributed by atoms with Crippen molar-refractivity contribution >= 4 is 23.6 Å². The van der Waals surface area contributed by atoms with Crippen molar-refractivity contribution in [1.29, 1.82) is 0 Å². The van der Waals surface area contributed by atoms with Crippen LogP contribution in [0.5, 0.6) is 0 Å². The van der Waals surface area contributed by atoms with Gasteiger partial charge in [-0.15, -0.1) is 0 Å². The lowest BCUT2D eigenvalue weighted by molar-refractivity contribution is -0.268. The average Bonchev–Trinajstić information content (AvgIpc) is 3.12. The molecule has 9 nitrogen and oxygen atoms in total. The van der Waals surface area contributed by atoms with E-state index in [4.69, 9.17) is 9.47 Å². The van der Waals surface area contributed by atoms with E-state index in [0.29, 0.717) is 30.4 Å². The van der Waals surface area contributed by atoms with Crippen molar-refractivity contribution in [3.63, 3.8) is 0 Å². The van der Waals surface area contributed by atoms with Crippen molar-refractivity contribution in [1.82, 2.24) is 20.6 Å². The number of carbonyl (C=O) groups excluding carboxylic acids is 2. The zero-order chi connectivity index (χ0) is 33.7. The van der Waals surface area contributed by atoms with Crippen LogP contribution < -0.4 is 10.6 Å². The number of hydrogen-bond donors (Lipinski definition) is 3. The number of carbonyl (C=O) groups is 2. The summed E-state index contributed by atoms with van der Waals surface area (Å²) in [4.78, 5) is 32.1. The van der Waals surface area contributed by atoms with Crippen LogP contribution in [0, 0.1) is 5.92 Å². The Morgan fingerprint density at radius 1 is 0.833 bits per heavy atom. The first-order chi connectivity index (χ1) is 23.4. The Balaban J connectivity index is 1.22. The molecule has 4 atom stereocenters. The quantitative estimate of drug-likeness (QED) is 0.0743. The third kappa shape index (κ3) is 10.2. The fourth-order valence-corrected chi connectivity index (χ4v) is 6.63. The average molecular weight is 669 g/mol. The third-order valence-corrected chi connectivity index (χ3v) is 9.39. The van der Waals surface area contributed by atoms with E-state index in [-0.39, 0.29) is 36.5 Å². The fraction of sp³-hybridized carbons (Fsp3) is 0.368. The van der Waals surface area contributed by atoms with Crippen molar-refractivity contribution in [2.75, 3.05) is 12.3 Å². The monoisotopic (exact) mass is 668 g/mol. The summed E-state index contributed by atoms with van der Waals surface area (Å²) < 4.78 is 13.2. The molecule has 10 heteroatoms. The lowest BCUT2D eigenvalue weighted by Crippen LogP contribution is -2.38. The molecule has 1 aliphatic heterocycles. The molecule has 1 saturated heterocycles. The van der Waals surface area contributed by atoms with Gasteiger partial charge in [0.15, 0.2) is 11.4 Å². The Labute approximate surface area is 286 Å². The second kappa shape index (κ2) is 17.9. The van der Waals surface area contributed by atoms with Crippen LogP contribution in [-0.2, 0) is 32.2 Å². The van der Waals surface area contributed by atoms with Crippen LogP contribution in [0.1, 0.15) is 74.2 Å². The molecule has 2 heterocycles. The van der Waals surface area contributed by atoms with Gasteiger partial charge in [-0.2, -0.15) is 0 Å². The normalized spacial score (nSPS) is 19.1. The van der Waals surface area contributed by atoms with Crippen molar-refractivity contribution in [3.8, 4) is 11.1 Å². The Kier molecular flexibility index (Phi) is 13.1. The summed E-state index contributed by atoms with van der Waals surface area (Å²) in [7, 11) is 0. The van der Waals surface area contributed by atoms with Crippen molar-refractivity contribution in [3.05, 3.63) is 114 Å². The molecule has 0 radical (unpaired) electrons. The van der Waals surface area contributed by atoms with Crippen LogP contribution in [0.15, 0.2) is 96.4 Å². The molecule has 0 unspecified atom stereocenters. The molecule has 252 valence electrons. The Morgan fingerprint density at radius 2 is 1.58 bits per heavy atom. The number of nitrogens with one attached hydrogen (secondary N) is 2. The summed E-state index contributed by atoms with van der Waals surface area (Å²) in [6.07, 6.45) is 5.64. The summed E-state index contributed by atoms with van der Waals surface area (Å²) in [6.45, 7) is 4.76. The number of hydrogen-bond acceptors (Lipinski definition) is 8. The zero-order valence-corrected chi connectivity index (χ0v) is 28.3. The zero-order valence-electron chi connectivity index (χ0n) is 27.5. The van der Waals surface area contributed by atoms with Gasteiger partial charge in [0.05, 0.1) is 18.8 Å². The van der Waals surface area contributed by atoms with E-state index in [0.717, 1.165) is 52.6 Å². The van der Waals surface area contributed by atoms with Crippen LogP contribution >= 0.6 is 11.8 Å². The molecule has 2 amide bonds. The van der Waals surface area contributed by atoms with Crippen LogP contribution in [-0.4, -0.2) is 45.3 Å². The summed E-state index contributed by atoms with van der Waals surface area (Å²) in [6, 6.07) is 26.2. The minimum Gasteiger partial charge on any atom is -0.392 e. The van der Waals surface area contributed by atoms with E-state index < -0.39 is 6.29 Å². The first-order valence-electron chi connectivity index (χ1n) is 16.5. The van der Waals surface area contributed by atoms with E-state index in [1.54, 1.807) is 30.2 Å². The SMILES string of the molecule is CC(=O)NCCCCCC(=O)NCc1cccc(-c2ccc([C@H]3O[C@@H](CSc4ncccn4)[C@@H](C)[C@@H](c4ccc(CO)cc4)O3)cc2)c1. The van der Waals surface area contributed by atoms with Crippen LogP contribution in [0.25, 0.3) is 11.1 Å². The van der Waals surface area contributed by atoms with Crippen LogP contribution in [0.3, 0.4) is 0 Å². The number of ether oxygens (including phenoxy) is 2. The maximum atomic E-state index is 12.4. The predicted octanol–water partition coefficient (Wildman–Crippen LogP) is 6.53. The number of amides is 2. The molecule has 3 aromatic carbocycles. The maximum absolute atomic E-state index is 12.4. The Bertz CT molecular complexity index is 1600. The van der Waals surface area contributed by atoms with Gasteiger partial charge in [0.2, 0.25) is 11.8 Å². The lowest BCUT2D eigenvalue weighted by Gasteiger charge is -2.41. The van der Waals surface area contributed by atoms with Gasteiger partial charge in [-0.1, -0.05) is 91.8 Å². The van der Waals surface area contributed by atoms with Crippen molar-refractivity contribution < 1.29 is 24.2 Å². The minimum absolute atomic E-state index is 0.00361. The lowest BCUT2D eigenvalue weighted by atomic mass is 9.91. The van der Waals surface area contributed by atoms with Crippen LogP contribution in [0.2, 0.25) is 0 Å². The molecule has 1 fully saturated rings. The highest BCUT2D eigenvalue weighted by atomic mass is 32.2. The molecule has 5 rings (SSSR count). The largest absolute Gasteiger partial charge is 0.392 e. The summed E-state index contributed by atoms with van der Waals surface area (Å²) >= 11 is 1.57. The summed E-state index contributed by atoms with van der Waals surface area (Å²) in [5.74, 6) is 0.746. The minimum atomic E-state index is -0.563. The van der Waals surface area contributed by atoms with E-state index >= 15 is 0 Å². The highest BCUT2D eigenvalue weighted by Crippen LogP contribution is 2.43. The number of aromatic nitrogens is 2. The maximum Gasteiger partial charge on any atom is 0.220 e. The highest BCUT2D eigenvalue weighted by Gasteiger charge is 2.38. The first kappa shape index (κ1) is 35.2. The number of thioether (sulfide) groups is 1. The summed E-state index contributed by atoms with van der Waals surface area (Å²) in [5.41, 5.74) is 5.97. The molecule has 0 saturated carbocycles. The van der Waals surface area contributed by atoms with E-state index in [1.165, 1.54) is 6.92 Å². The van der Waals surface area contributed by atoms with Gasteiger partial charge in [-0.3, -0.25) is 9.59 Å². The van der Waals surface area contributed by atoms with Gasteiger partial charge in [0.25, 0.3) is 0 Å². The topological polar surface area (TPSA) is 123 Å². The number of aliphatic hydroxyl groups excluding tert-OH is 1. The molecule has 3 N–H and O–H groups in total. The molecule has 0 spiro atoms. The van der Waals surface area contributed by atoms with Crippen LogP contribution in [0.4, 0.5) is 0 Å². The van der Waals surface area contributed by atoms with Gasteiger partial charge in [-0.05, 0) is 52.8 Å². The van der Waals surface area contributed by atoms with E-state index in [2.05, 4.69) is 51.8 Å². The first-order valence-corrected chi connectivity index (χ1v) is 17.5. The van der Waals surface area contributed by atoms with E-state index in [1.807, 2.05) is 48.5 Å². The van der Waals surface area contributed by atoms with Gasteiger partial charge in [-0.25, -0.2) is 9.97 Å². The van der Waals surface area contributed by atoms with Gasteiger partial charge in [0.1, 0.15) is 0 Å². The number of rotatable bonds is 15. The third-order valence-electron chi connectivity index (χ3n) is 8.43. The number of aliphatic hydroxyl groups is 1. The Hall–Kier alpha value is -4.09. The second-order valence-electron chi connectivity index (χ2n) is 12.1. The van der Waals surface area contributed by atoms with Crippen molar-refractivity contribution in [2.24, 2.45) is 5.92 Å². The molecule has 1 aliphatic rings. The predicted molar refractivity (Wildman–Crippen MR) is 187 cm³/mol. The van der Waals surface area contributed by atoms with Gasteiger partial charge in [0, 0.05) is 56.1 Å². The van der Waals surface area contributed by atoms with E-state index in [9.17, 15) is 14.7 Å². The van der Waals surface area contributed by atoms with Gasteiger partial charge < -0.3 is 25.2 Å². The molecular weight excluding hydrogens is 625 g/mol.